The zero-order valence-electron chi connectivity index (χ0n) is 6.73. The van der Waals surface area contributed by atoms with Crippen LogP contribution in [0.3, 0.4) is 0 Å². The monoisotopic (exact) mass is 153 g/mol. The minimum atomic E-state index is -0.399. The predicted molar refractivity (Wildman–Crippen MR) is 38.6 cm³/mol. The van der Waals surface area contributed by atoms with E-state index in [1.807, 2.05) is 13.8 Å². The maximum Gasteiger partial charge on any atom is 0.233 e. The average molecular weight is 153 g/mol. The molecule has 0 aromatic rings. The average Bonchev–Trinajstić information content (AvgIpc) is 2.05. The van der Waals surface area contributed by atoms with Gasteiger partial charge < -0.3 is 0 Å². The molecule has 0 spiro atoms. The summed E-state index contributed by atoms with van der Waals surface area (Å²) < 4.78 is 0. The first kappa shape index (κ1) is 6.83. The van der Waals surface area contributed by atoms with Crippen molar-refractivity contribution in [3.05, 3.63) is 0 Å². The summed E-state index contributed by atoms with van der Waals surface area (Å²) >= 11 is 0. The Morgan fingerprint density at radius 2 is 1.45 bits per heavy atom. The van der Waals surface area contributed by atoms with E-state index in [9.17, 15) is 9.59 Å². The summed E-state index contributed by atoms with van der Waals surface area (Å²) in [4.78, 5) is 22.5. The Balaban J connectivity index is 2.48. The first-order chi connectivity index (χ1) is 5.01. The molecular weight excluding hydrogens is 142 g/mol. The highest BCUT2D eigenvalue weighted by Crippen LogP contribution is 2.59. The number of nitrogens with one attached hydrogen (secondary N) is 1. The van der Waals surface area contributed by atoms with Crippen LogP contribution >= 0.6 is 0 Å². The minimum absolute atomic E-state index is 0.0868. The van der Waals surface area contributed by atoms with Crippen molar-refractivity contribution < 1.29 is 9.59 Å². The molecule has 1 saturated carbocycles. The molecule has 2 unspecified atom stereocenters. The van der Waals surface area contributed by atoms with Crippen molar-refractivity contribution in [2.45, 2.75) is 26.7 Å². The molecule has 3 heteroatoms. The third-order valence-electron chi connectivity index (χ3n) is 3.57. The molecule has 2 aliphatic rings. The van der Waals surface area contributed by atoms with E-state index in [0.29, 0.717) is 0 Å². The standard InChI is InChI=1S/C8H11NO2/c1-7-3-4-8(7,2)6(11)9-5(7)10/h3-4H2,1-2H3,(H,9,10,11). The molecule has 1 N–H and O–H groups in total. The summed E-state index contributed by atoms with van der Waals surface area (Å²) in [6, 6.07) is 0. The SMILES string of the molecule is CC12CCC1(C)C(=O)NC2=O. The molecule has 0 bridgehead atoms. The quantitative estimate of drug-likeness (QED) is 0.513. The Labute approximate surface area is 65.2 Å². The highest BCUT2D eigenvalue weighted by molar-refractivity contribution is 6.10. The zero-order valence-corrected chi connectivity index (χ0v) is 6.73. The van der Waals surface area contributed by atoms with Crippen molar-refractivity contribution in [3.8, 4) is 0 Å². The molecular formula is C8H11NO2. The Bertz CT molecular complexity index is 235. The number of imide groups is 1. The lowest BCUT2D eigenvalue weighted by Crippen LogP contribution is -2.49. The molecule has 1 aliphatic heterocycles. The van der Waals surface area contributed by atoms with E-state index >= 15 is 0 Å². The number of amides is 2. The van der Waals surface area contributed by atoms with Crippen molar-refractivity contribution >= 4 is 11.8 Å². The van der Waals surface area contributed by atoms with Crippen LogP contribution in [0, 0.1) is 10.8 Å². The van der Waals surface area contributed by atoms with Crippen molar-refractivity contribution in [1.82, 2.24) is 5.32 Å². The number of hydrogen-bond acceptors (Lipinski definition) is 2. The van der Waals surface area contributed by atoms with Crippen molar-refractivity contribution in [1.29, 1.82) is 0 Å². The lowest BCUT2D eigenvalue weighted by atomic mass is 9.52. The number of carbonyl (C=O) groups is 2. The Morgan fingerprint density at radius 3 is 1.64 bits per heavy atom. The number of fused-ring (bicyclic) bond motifs is 1. The second-order valence-electron chi connectivity index (χ2n) is 3.95. The van der Waals surface area contributed by atoms with Crippen molar-refractivity contribution in [2.24, 2.45) is 10.8 Å². The Kier molecular flexibility index (Phi) is 0.926. The third-order valence-corrected chi connectivity index (χ3v) is 3.57. The fraction of sp³-hybridized carbons (Fsp3) is 0.750. The lowest BCUT2D eigenvalue weighted by Gasteiger charge is -2.46. The molecule has 60 valence electrons. The van der Waals surface area contributed by atoms with Gasteiger partial charge in [0.2, 0.25) is 11.8 Å². The highest BCUT2D eigenvalue weighted by atomic mass is 16.2. The van der Waals surface area contributed by atoms with Gasteiger partial charge in [-0.3, -0.25) is 14.9 Å². The van der Waals surface area contributed by atoms with Crippen LogP contribution in [0.1, 0.15) is 26.7 Å². The molecule has 2 rings (SSSR count). The minimum Gasteiger partial charge on any atom is -0.295 e. The highest BCUT2D eigenvalue weighted by Gasteiger charge is 2.66. The van der Waals surface area contributed by atoms with Gasteiger partial charge in [-0.2, -0.15) is 0 Å². The summed E-state index contributed by atoms with van der Waals surface area (Å²) in [5, 5.41) is 2.38. The van der Waals surface area contributed by atoms with Gasteiger partial charge in [0.25, 0.3) is 0 Å². The molecule has 2 amide bonds. The van der Waals surface area contributed by atoms with Gasteiger partial charge in [0.05, 0.1) is 10.8 Å². The van der Waals surface area contributed by atoms with Crippen LogP contribution in [0.4, 0.5) is 0 Å². The van der Waals surface area contributed by atoms with E-state index in [1.165, 1.54) is 0 Å². The number of rotatable bonds is 0. The molecule has 0 aromatic heterocycles. The zero-order chi connectivity index (χ0) is 8.28. The summed E-state index contributed by atoms with van der Waals surface area (Å²) in [6.07, 6.45) is 1.70. The van der Waals surface area contributed by atoms with E-state index in [4.69, 9.17) is 0 Å². The first-order valence-corrected chi connectivity index (χ1v) is 3.87. The number of hydrogen-bond donors (Lipinski definition) is 1. The predicted octanol–water partition coefficient (Wildman–Crippen LogP) is 0.449. The van der Waals surface area contributed by atoms with Gasteiger partial charge in [-0.1, -0.05) is 0 Å². The van der Waals surface area contributed by atoms with Crippen LogP contribution in [0.2, 0.25) is 0 Å². The van der Waals surface area contributed by atoms with E-state index in [2.05, 4.69) is 5.32 Å². The van der Waals surface area contributed by atoms with Crippen LogP contribution in [0.25, 0.3) is 0 Å². The second kappa shape index (κ2) is 1.49. The summed E-state index contributed by atoms with van der Waals surface area (Å²) in [6.45, 7) is 3.74. The van der Waals surface area contributed by atoms with Gasteiger partial charge >= 0.3 is 0 Å². The molecule has 3 nitrogen and oxygen atoms in total. The maximum atomic E-state index is 11.2. The summed E-state index contributed by atoms with van der Waals surface area (Å²) in [5.41, 5.74) is -0.797. The van der Waals surface area contributed by atoms with E-state index < -0.39 is 10.8 Å². The van der Waals surface area contributed by atoms with E-state index in [0.717, 1.165) is 12.8 Å². The Morgan fingerprint density at radius 1 is 1.09 bits per heavy atom. The lowest BCUT2D eigenvalue weighted by molar-refractivity contribution is -0.145. The smallest absolute Gasteiger partial charge is 0.233 e. The van der Waals surface area contributed by atoms with Gasteiger partial charge in [-0.25, -0.2) is 0 Å². The molecule has 11 heavy (non-hydrogen) atoms. The fourth-order valence-electron chi connectivity index (χ4n) is 1.98. The molecule has 2 fully saturated rings. The molecule has 1 heterocycles. The molecule has 1 aliphatic carbocycles. The van der Waals surface area contributed by atoms with E-state index in [1.54, 1.807) is 0 Å². The van der Waals surface area contributed by atoms with E-state index in [-0.39, 0.29) is 11.8 Å². The molecule has 1 saturated heterocycles. The topological polar surface area (TPSA) is 46.2 Å². The second-order valence-corrected chi connectivity index (χ2v) is 3.95. The number of carbonyl (C=O) groups excluding carboxylic acids is 2. The van der Waals surface area contributed by atoms with Gasteiger partial charge in [0, 0.05) is 0 Å². The summed E-state index contributed by atoms with van der Waals surface area (Å²) in [5.74, 6) is -0.174. The van der Waals surface area contributed by atoms with Crippen LogP contribution in [-0.2, 0) is 9.59 Å². The van der Waals surface area contributed by atoms with Crippen LogP contribution in [-0.4, -0.2) is 11.8 Å². The maximum absolute atomic E-state index is 11.2. The molecule has 2 atom stereocenters. The van der Waals surface area contributed by atoms with Gasteiger partial charge in [0.15, 0.2) is 0 Å². The fourth-order valence-corrected chi connectivity index (χ4v) is 1.98. The van der Waals surface area contributed by atoms with Crippen molar-refractivity contribution in [3.63, 3.8) is 0 Å². The van der Waals surface area contributed by atoms with Gasteiger partial charge in [-0.15, -0.1) is 0 Å². The van der Waals surface area contributed by atoms with Crippen molar-refractivity contribution in [2.75, 3.05) is 0 Å². The van der Waals surface area contributed by atoms with Gasteiger partial charge in [-0.05, 0) is 26.7 Å². The van der Waals surface area contributed by atoms with Gasteiger partial charge in [0.1, 0.15) is 0 Å². The first-order valence-electron chi connectivity index (χ1n) is 3.87. The van der Waals surface area contributed by atoms with Crippen LogP contribution < -0.4 is 5.32 Å². The Hall–Kier alpha value is -0.860. The summed E-state index contributed by atoms with van der Waals surface area (Å²) in [7, 11) is 0. The molecule has 0 radical (unpaired) electrons. The normalized spacial score (nSPS) is 48.2. The molecule has 0 aromatic carbocycles. The largest absolute Gasteiger partial charge is 0.295 e. The van der Waals surface area contributed by atoms with Crippen LogP contribution in [0.15, 0.2) is 0 Å². The van der Waals surface area contributed by atoms with Crippen LogP contribution in [0.5, 0.6) is 0 Å². The third kappa shape index (κ3) is 0.481.